The van der Waals surface area contributed by atoms with Gasteiger partial charge in [0.15, 0.2) is 0 Å². The fourth-order valence-corrected chi connectivity index (χ4v) is 15.8. The lowest BCUT2D eigenvalue weighted by Gasteiger charge is -2.18. The Bertz CT molecular complexity index is 6300. The molecule has 2 heterocycles. The number of benzene rings is 18. The topological polar surface area (TPSA) is 9.86 Å². The molecule has 20 aromatic rings. The highest BCUT2D eigenvalue weighted by atomic mass is 15.0. The summed E-state index contributed by atoms with van der Waals surface area (Å²) >= 11 is 0. The summed E-state index contributed by atoms with van der Waals surface area (Å²) in [5.74, 6) is 0. The molecule has 0 radical (unpaired) electrons. The number of rotatable bonds is 6. The summed E-state index contributed by atoms with van der Waals surface area (Å²) < 4.78 is 4.79. The van der Waals surface area contributed by atoms with E-state index in [0.717, 1.165) is 0 Å². The van der Waals surface area contributed by atoms with Crippen molar-refractivity contribution < 1.29 is 0 Å². The summed E-state index contributed by atoms with van der Waals surface area (Å²) in [6.45, 7) is 0. The van der Waals surface area contributed by atoms with Crippen LogP contribution >= 0.6 is 0 Å². The average Bonchev–Trinajstić information content (AvgIpc) is 1.08. The molecule has 0 aliphatic carbocycles. The molecule has 20 rings (SSSR count). The molecule has 0 spiro atoms. The maximum atomic E-state index is 2.41. The molecule has 0 unspecified atom stereocenters. The van der Waals surface area contributed by atoms with E-state index in [-0.39, 0.29) is 0 Å². The molecule has 2 nitrogen and oxygen atoms in total. The van der Waals surface area contributed by atoms with Crippen LogP contribution in [0.3, 0.4) is 0 Å². The Hall–Kier alpha value is -12.4. The van der Waals surface area contributed by atoms with Gasteiger partial charge in [-0.2, -0.15) is 0 Å². The van der Waals surface area contributed by atoms with Crippen LogP contribution in [-0.2, 0) is 0 Å². The van der Waals surface area contributed by atoms with Crippen molar-refractivity contribution in [3.8, 4) is 55.9 Å². The van der Waals surface area contributed by atoms with E-state index in [1.165, 1.54) is 186 Å². The van der Waals surface area contributed by atoms with Crippen molar-refractivity contribution in [3.63, 3.8) is 0 Å². The van der Waals surface area contributed by atoms with E-state index in [2.05, 4.69) is 361 Å². The monoisotopic (exact) mass is 1190 g/mol. The van der Waals surface area contributed by atoms with Crippen molar-refractivity contribution in [1.82, 2.24) is 9.13 Å². The van der Waals surface area contributed by atoms with Gasteiger partial charge in [-0.1, -0.05) is 291 Å². The van der Waals surface area contributed by atoms with Crippen LogP contribution in [0.25, 0.3) is 186 Å². The van der Waals surface area contributed by atoms with Gasteiger partial charge in [0.25, 0.3) is 0 Å². The molecule has 0 saturated carbocycles. The molecule has 0 aliphatic heterocycles. The summed E-state index contributed by atoms with van der Waals surface area (Å²) in [5, 5.41) is 25.5. The molecule has 0 amide bonds. The van der Waals surface area contributed by atoms with E-state index < -0.39 is 0 Å². The van der Waals surface area contributed by atoms with E-state index in [0.29, 0.717) is 0 Å². The summed E-state index contributed by atoms with van der Waals surface area (Å²) in [4.78, 5) is 0. The van der Waals surface area contributed by atoms with Gasteiger partial charge in [0, 0.05) is 32.9 Å². The third-order valence-electron chi connectivity index (χ3n) is 19.9. The first kappa shape index (κ1) is 53.5. The predicted molar refractivity (Wildman–Crippen MR) is 403 cm³/mol. The number of hydrogen-bond donors (Lipinski definition) is 0. The number of nitrogens with zero attached hydrogens (tertiary/aromatic N) is 2. The first-order valence-corrected chi connectivity index (χ1v) is 32.6. The minimum Gasteiger partial charge on any atom is -0.309 e. The Morgan fingerprint density at radius 3 is 0.798 bits per heavy atom. The predicted octanol–water partition coefficient (Wildman–Crippen LogP) is 25.5. The molecule has 0 N–H and O–H groups in total. The minimum absolute atomic E-state index is 1.17. The standard InChI is InChI=1S/2C46H29N/c1-2-12-35-30(11-1)21-22-32-29-33(25-28-36(32)35)46-41-17-5-3-15-39(41)45(40-16-4-6-18-42(40)46)31-23-26-34(27-24-31)47-43-19-9-7-13-37(43)38-14-8-10-20-44(38)47;1-2-13-34(14-3-1)47-43-21-11-10-16-37(43)38-27-25-33(29-44(38)47)46-41-19-8-6-17-39(41)45(40-18-7-9-20-42(40)46)32-24-26-36-31(28-32)23-22-30-12-4-5-15-35(30)36/h2*1-29H. The fourth-order valence-electron chi connectivity index (χ4n) is 15.8. The Balaban J connectivity index is 0.000000133. The third-order valence-corrected chi connectivity index (χ3v) is 19.9. The van der Waals surface area contributed by atoms with Crippen LogP contribution < -0.4 is 0 Å². The second kappa shape index (κ2) is 21.7. The highest BCUT2D eigenvalue weighted by molar-refractivity contribution is 6.25. The fraction of sp³-hybridized carbons (Fsp3) is 0. The van der Waals surface area contributed by atoms with Gasteiger partial charge in [-0.25, -0.2) is 0 Å². The number of fused-ring (bicyclic) bond motifs is 16. The van der Waals surface area contributed by atoms with Crippen LogP contribution in [0, 0.1) is 0 Å². The molecular weight excluding hydrogens is 1130 g/mol. The molecule has 2 aromatic heterocycles. The van der Waals surface area contributed by atoms with Crippen molar-refractivity contribution in [3.05, 3.63) is 352 Å². The number of hydrogen-bond acceptors (Lipinski definition) is 0. The number of para-hydroxylation sites is 4. The van der Waals surface area contributed by atoms with Crippen molar-refractivity contribution in [2.45, 2.75) is 0 Å². The van der Waals surface area contributed by atoms with Crippen LogP contribution in [0.5, 0.6) is 0 Å². The van der Waals surface area contributed by atoms with Crippen molar-refractivity contribution >= 4 is 130 Å². The molecule has 0 bridgehead atoms. The van der Waals surface area contributed by atoms with Gasteiger partial charge in [0.05, 0.1) is 22.1 Å². The molecule has 18 aromatic carbocycles. The maximum Gasteiger partial charge on any atom is 0.0547 e. The third kappa shape index (κ3) is 8.43. The Morgan fingerprint density at radius 2 is 0.394 bits per heavy atom. The normalized spacial score (nSPS) is 11.8. The maximum absolute atomic E-state index is 2.41. The first-order valence-electron chi connectivity index (χ1n) is 32.6. The highest BCUT2D eigenvalue weighted by Crippen LogP contribution is 2.48. The zero-order chi connectivity index (χ0) is 61.8. The molecular formula is C92H58N2. The largest absolute Gasteiger partial charge is 0.309 e. The van der Waals surface area contributed by atoms with Gasteiger partial charge < -0.3 is 9.13 Å². The van der Waals surface area contributed by atoms with Crippen LogP contribution in [0.1, 0.15) is 0 Å². The zero-order valence-corrected chi connectivity index (χ0v) is 51.4. The highest BCUT2D eigenvalue weighted by Gasteiger charge is 2.22. The van der Waals surface area contributed by atoms with Crippen molar-refractivity contribution in [2.75, 3.05) is 0 Å². The Kier molecular flexibility index (Phi) is 12.3. The smallest absolute Gasteiger partial charge is 0.0547 e. The first-order chi connectivity index (χ1) is 46.7. The average molecular weight is 1190 g/mol. The molecule has 0 aliphatic rings. The van der Waals surface area contributed by atoms with Crippen LogP contribution in [0.15, 0.2) is 352 Å². The summed E-state index contributed by atoms with van der Waals surface area (Å²) in [7, 11) is 0. The van der Waals surface area contributed by atoms with E-state index in [4.69, 9.17) is 0 Å². The second-order valence-electron chi connectivity index (χ2n) is 25.0. The van der Waals surface area contributed by atoms with E-state index in [1.807, 2.05) is 0 Å². The SMILES string of the molecule is c1ccc(-n2c3ccccc3c3ccc(-c4c5ccccc5c(-c5ccc6c(ccc7ccccc76)c5)c5ccccc45)cc32)cc1.c1ccc2c(c1)ccc1cc(-c3c4ccccc4c(-c4ccc(-n5c6ccccc6c6ccccc65)cc4)c4ccccc34)ccc12. The second-order valence-corrected chi connectivity index (χ2v) is 25.0. The van der Waals surface area contributed by atoms with Gasteiger partial charge in [-0.05, 0) is 191 Å². The van der Waals surface area contributed by atoms with Gasteiger partial charge in [-0.3, -0.25) is 0 Å². The zero-order valence-electron chi connectivity index (χ0n) is 51.4. The molecule has 436 valence electrons. The molecule has 0 atom stereocenters. The van der Waals surface area contributed by atoms with E-state index >= 15 is 0 Å². The Labute approximate surface area is 543 Å². The van der Waals surface area contributed by atoms with Gasteiger partial charge in [0.1, 0.15) is 0 Å². The van der Waals surface area contributed by atoms with E-state index in [9.17, 15) is 0 Å². The lowest BCUT2D eigenvalue weighted by molar-refractivity contribution is 1.18. The quantitative estimate of drug-likeness (QED) is 0.116. The minimum atomic E-state index is 1.17. The summed E-state index contributed by atoms with van der Waals surface area (Å²) in [6, 6.07) is 129. The molecule has 0 saturated heterocycles. The molecule has 0 fully saturated rings. The van der Waals surface area contributed by atoms with E-state index in [1.54, 1.807) is 0 Å². The summed E-state index contributed by atoms with van der Waals surface area (Å²) in [5.41, 5.74) is 17.3. The van der Waals surface area contributed by atoms with Gasteiger partial charge in [0.2, 0.25) is 0 Å². The van der Waals surface area contributed by atoms with Crippen LogP contribution in [0.2, 0.25) is 0 Å². The summed E-state index contributed by atoms with van der Waals surface area (Å²) in [6.07, 6.45) is 0. The number of aromatic nitrogens is 2. The van der Waals surface area contributed by atoms with Gasteiger partial charge >= 0.3 is 0 Å². The lowest BCUT2D eigenvalue weighted by atomic mass is 9.85. The molecule has 94 heavy (non-hydrogen) atoms. The van der Waals surface area contributed by atoms with Gasteiger partial charge in [-0.15, -0.1) is 0 Å². The van der Waals surface area contributed by atoms with Crippen molar-refractivity contribution in [2.24, 2.45) is 0 Å². The molecule has 2 heteroatoms. The van der Waals surface area contributed by atoms with Crippen molar-refractivity contribution in [1.29, 1.82) is 0 Å². The van der Waals surface area contributed by atoms with Crippen LogP contribution in [-0.4, -0.2) is 9.13 Å². The Morgan fingerprint density at radius 1 is 0.138 bits per heavy atom. The lowest BCUT2D eigenvalue weighted by Crippen LogP contribution is -1.94. The van der Waals surface area contributed by atoms with Crippen LogP contribution in [0.4, 0.5) is 0 Å².